The van der Waals surface area contributed by atoms with Crippen molar-refractivity contribution in [3.05, 3.63) is 40.9 Å². The number of nitrogens with one attached hydrogen (secondary N) is 2. The van der Waals surface area contributed by atoms with E-state index in [-0.39, 0.29) is 11.8 Å². The second-order valence-corrected chi connectivity index (χ2v) is 7.45. The normalized spacial score (nSPS) is 17.1. The van der Waals surface area contributed by atoms with Crippen LogP contribution in [0.15, 0.2) is 24.0 Å². The van der Waals surface area contributed by atoms with Gasteiger partial charge in [0.1, 0.15) is 11.4 Å². The van der Waals surface area contributed by atoms with Crippen LogP contribution in [-0.2, 0) is 0 Å². The summed E-state index contributed by atoms with van der Waals surface area (Å²) in [5.41, 5.74) is 1.99. The number of H-pyrrole nitrogens is 1. The molecule has 0 saturated carbocycles. The monoisotopic (exact) mass is 372 g/mol. The van der Waals surface area contributed by atoms with Crippen molar-refractivity contribution in [1.82, 2.24) is 29.8 Å². The zero-order valence-electron chi connectivity index (χ0n) is 14.4. The molecule has 4 rings (SSSR count). The van der Waals surface area contributed by atoms with E-state index in [4.69, 9.17) is 0 Å². The number of aromatic nitrogens is 4. The lowest BCUT2D eigenvalue weighted by Crippen LogP contribution is -2.30. The van der Waals surface area contributed by atoms with Crippen molar-refractivity contribution in [2.75, 3.05) is 19.6 Å². The Morgan fingerprint density at radius 1 is 1.42 bits per heavy atom. The first-order chi connectivity index (χ1) is 12.6. The van der Waals surface area contributed by atoms with Crippen molar-refractivity contribution in [3.8, 4) is 0 Å². The van der Waals surface area contributed by atoms with Crippen LogP contribution in [-0.4, -0.2) is 55.9 Å². The highest BCUT2D eigenvalue weighted by Crippen LogP contribution is 2.21. The topological polar surface area (TPSA) is 95.4 Å². The summed E-state index contributed by atoms with van der Waals surface area (Å²) in [6.45, 7) is 3.93. The number of hydrogen-bond acceptors (Lipinski definition) is 5. The van der Waals surface area contributed by atoms with Crippen molar-refractivity contribution in [1.29, 1.82) is 0 Å². The zero-order chi connectivity index (χ0) is 18.1. The minimum atomic E-state index is -0.116. The fourth-order valence-electron chi connectivity index (χ4n) is 3.35. The summed E-state index contributed by atoms with van der Waals surface area (Å²) in [6, 6.07) is 0. The maximum Gasteiger partial charge on any atom is 0.272 e. The van der Waals surface area contributed by atoms with E-state index in [1.807, 2.05) is 23.4 Å². The number of imidazole rings is 1. The molecule has 2 N–H and O–H groups in total. The molecule has 1 saturated heterocycles. The van der Waals surface area contributed by atoms with Gasteiger partial charge < -0.3 is 10.2 Å². The smallest absolute Gasteiger partial charge is 0.272 e. The van der Waals surface area contributed by atoms with Crippen molar-refractivity contribution in [2.24, 2.45) is 5.92 Å². The van der Waals surface area contributed by atoms with Gasteiger partial charge in [-0.15, -0.1) is 11.3 Å². The number of amides is 2. The molecule has 3 aromatic heterocycles. The number of aromatic amines is 1. The Morgan fingerprint density at radius 2 is 2.31 bits per heavy atom. The highest BCUT2D eigenvalue weighted by atomic mass is 32.1. The first-order valence-electron chi connectivity index (χ1n) is 8.61. The highest BCUT2D eigenvalue weighted by molar-refractivity contribution is 7.15. The molecule has 0 bridgehead atoms. The molecule has 1 aliphatic rings. The van der Waals surface area contributed by atoms with Crippen molar-refractivity contribution in [2.45, 2.75) is 19.8 Å². The number of thiazole rings is 1. The SMILES string of the molecule is Cc1cn[nH]c1C(=O)N1CCC(CCNC(=O)c2cnc3sccn23)C1. The van der Waals surface area contributed by atoms with Crippen LogP contribution in [0.3, 0.4) is 0 Å². The molecular weight excluding hydrogens is 352 g/mol. The van der Waals surface area contributed by atoms with Crippen LogP contribution in [0.1, 0.15) is 39.4 Å². The number of nitrogens with zero attached hydrogens (tertiary/aromatic N) is 4. The van der Waals surface area contributed by atoms with E-state index in [9.17, 15) is 9.59 Å². The molecule has 0 radical (unpaired) electrons. The van der Waals surface area contributed by atoms with Gasteiger partial charge in [-0.3, -0.25) is 19.1 Å². The van der Waals surface area contributed by atoms with Gasteiger partial charge in [0.25, 0.3) is 11.8 Å². The maximum absolute atomic E-state index is 12.5. The minimum absolute atomic E-state index is 0.00523. The van der Waals surface area contributed by atoms with Gasteiger partial charge in [-0.1, -0.05) is 0 Å². The summed E-state index contributed by atoms with van der Waals surface area (Å²) in [6.07, 6.45) is 6.92. The Bertz CT molecular complexity index is 942. The number of carbonyl (C=O) groups is 2. The fourth-order valence-corrected chi connectivity index (χ4v) is 4.04. The third kappa shape index (κ3) is 3.10. The molecule has 9 heteroatoms. The van der Waals surface area contributed by atoms with Gasteiger partial charge in [0.05, 0.1) is 12.4 Å². The molecule has 26 heavy (non-hydrogen) atoms. The molecule has 8 nitrogen and oxygen atoms in total. The molecule has 4 heterocycles. The lowest BCUT2D eigenvalue weighted by Gasteiger charge is -2.16. The van der Waals surface area contributed by atoms with Crippen LogP contribution in [0.25, 0.3) is 4.96 Å². The molecule has 136 valence electrons. The summed E-state index contributed by atoms with van der Waals surface area (Å²) in [5, 5.41) is 11.6. The van der Waals surface area contributed by atoms with Gasteiger partial charge in [-0.25, -0.2) is 4.98 Å². The summed E-state index contributed by atoms with van der Waals surface area (Å²) in [7, 11) is 0. The van der Waals surface area contributed by atoms with Crippen molar-refractivity contribution < 1.29 is 9.59 Å². The fraction of sp³-hybridized carbons (Fsp3) is 0.412. The van der Waals surface area contributed by atoms with Gasteiger partial charge in [0, 0.05) is 31.2 Å². The average molecular weight is 372 g/mol. The standard InChI is InChI=1S/C17H20N6O2S/c1-11-8-20-21-14(11)16(25)22-5-3-12(10-22)2-4-18-15(24)13-9-19-17-23(13)6-7-26-17/h6-9,12H,2-5,10H2,1H3,(H,18,24)(H,20,21). The van der Waals surface area contributed by atoms with E-state index in [1.165, 1.54) is 11.3 Å². The Labute approximate surface area is 154 Å². The van der Waals surface area contributed by atoms with E-state index >= 15 is 0 Å². The van der Waals surface area contributed by atoms with Crippen molar-refractivity contribution >= 4 is 28.1 Å². The van der Waals surface area contributed by atoms with E-state index < -0.39 is 0 Å². The largest absolute Gasteiger partial charge is 0.351 e. The first kappa shape index (κ1) is 16.8. The molecule has 0 spiro atoms. The number of likely N-dealkylation sites (tertiary alicyclic amines) is 1. The van der Waals surface area contributed by atoms with E-state index in [0.717, 1.165) is 29.9 Å². The lowest BCUT2D eigenvalue weighted by atomic mass is 10.1. The zero-order valence-corrected chi connectivity index (χ0v) is 15.3. The Hall–Kier alpha value is -2.68. The first-order valence-corrected chi connectivity index (χ1v) is 9.49. The summed E-state index contributed by atoms with van der Waals surface area (Å²) < 4.78 is 1.79. The van der Waals surface area contributed by atoms with Gasteiger partial charge in [0.15, 0.2) is 4.96 Å². The van der Waals surface area contributed by atoms with Crippen LogP contribution in [0.2, 0.25) is 0 Å². The molecule has 1 aliphatic heterocycles. The molecule has 0 aliphatic carbocycles. The predicted octanol–water partition coefficient (Wildman–Crippen LogP) is 1.71. The Kier molecular flexibility index (Phi) is 4.46. The van der Waals surface area contributed by atoms with Gasteiger partial charge in [0.2, 0.25) is 0 Å². The number of carbonyl (C=O) groups excluding carboxylic acids is 2. The van der Waals surface area contributed by atoms with Crippen LogP contribution in [0.4, 0.5) is 0 Å². The Balaban J connectivity index is 1.27. The summed E-state index contributed by atoms with van der Waals surface area (Å²) in [5.74, 6) is 0.287. The van der Waals surface area contributed by atoms with Crippen molar-refractivity contribution in [3.63, 3.8) is 0 Å². The number of rotatable bonds is 5. The van der Waals surface area contributed by atoms with Crippen LogP contribution < -0.4 is 5.32 Å². The van der Waals surface area contributed by atoms with Gasteiger partial charge in [-0.2, -0.15) is 5.10 Å². The van der Waals surface area contributed by atoms with E-state index in [1.54, 1.807) is 16.8 Å². The second-order valence-electron chi connectivity index (χ2n) is 6.58. The molecule has 0 aromatic carbocycles. The lowest BCUT2D eigenvalue weighted by molar-refractivity contribution is 0.0778. The molecular formula is C17H20N6O2S. The minimum Gasteiger partial charge on any atom is -0.351 e. The number of fused-ring (bicyclic) bond motifs is 1. The molecule has 3 aromatic rings. The molecule has 1 unspecified atom stereocenters. The predicted molar refractivity (Wildman–Crippen MR) is 97.4 cm³/mol. The third-order valence-corrected chi connectivity index (χ3v) is 5.60. The molecule has 2 amide bonds. The quantitative estimate of drug-likeness (QED) is 0.713. The molecule has 1 fully saturated rings. The maximum atomic E-state index is 12.5. The second kappa shape index (κ2) is 6.91. The van der Waals surface area contributed by atoms with Crippen LogP contribution in [0.5, 0.6) is 0 Å². The third-order valence-electron chi connectivity index (χ3n) is 4.83. The van der Waals surface area contributed by atoms with E-state index in [2.05, 4.69) is 20.5 Å². The number of aryl methyl sites for hydroxylation is 1. The van der Waals surface area contributed by atoms with Gasteiger partial charge in [-0.05, 0) is 31.2 Å². The summed E-state index contributed by atoms with van der Waals surface area (Å²) in [4.78, 5) is 31.7. The van der Waals surface area contributed by atoms with E-state index in [0.29, 0.717) is 30.4 Å². The van der Waals surface area contributed by atoms with Gasteiger partial charge >= 0.3 is 0 Å². The summed E-state index contributed by atoms with van der Waals surface area (Å²) >= 11 is 1.50. The van der Waals surface area contributed by atoms with Crippen LogP contribution >= 0.6 is 11.3 Å². The number of hydrogen-bond donors (Lipinski definition) is 2. The van der Waals surface area contributed by atoms with Crippen LogP contribution in [0, 0.1) is 12.8 Å². The average Bonchev–Trinajstić information content (AvgIpc) is 3.38. The molecule has 1 atom stereocenters. The highest BCUT2D eigenvalue weighted by Gasteiger charge is 2.28. The Morgan fingerprint density at radius 3 is 3.12 bits per heavy atom.